The lowest BCUT2D eigenvalue weighted by molar-refractivity contribution is 0.323. The Kier molecular flexibility index (Phi) is 5.38. The second kappa shape index (κ2) is 7.26. The van der Waals surface area contributed by atoms with Crippen molar-refractivity contribution in [3.63, 3.8) is 0 Å². The van der Waals surface area contributed by atoms with Gasteiger partial charge in [-0.05, 0) is 17.7 Å². The van der Waals surface area contributed by atoms with Crippen LogP contribution in [0.5, 0.6) is 17.2 Å². The molecule has 0 saturated carbocycles. The molecule has 1 atom stereocenters. The van der Waals surface area contributed by atoms with Crippen molar-refractivity contribution in [2.24, 2.45) is 5.84 Å². The maximum Gasteiger partial charge on any atom is 0.203 e. The van der Waals surface area contributed by atoms with Crippen LogP contribution in [-0.2, 0) is 6.42 Å². The van der Waals surface area contributed by atoms with Gasteiger partial charge in [-0.3, -0.25) is 16.3 Å². The van der Waals surface area contributed by atoms with Gasteiger partial charge in [0.25, 0.3) is 0 Å². The smallest absolute Gasteiger partial charge is 0.203 e. The number of hydrogen-bond acceptors (Lipinski definition) is 7. The summed E-state index contributed by atoms with van der Waals surface area (Å²) >= 11 is 1.59. The molecule has 0 bridgehead atoms. The van der Waals surface area contributed by atoms with Gasteiger partial charge in [-0.2, -0.15) is 0 Å². The van der Waals surface area contributed by atoms with Crippen LogP contribution in [0.25, 0.3) is 0 Å². The molecule has 2 rings (SSSR count). The first kappa shape index (κ1) is 15.6. The van der Waals surface area contributed by atoms with E-state index in [1.165, 1.54) is 0 Å². The van der Waals surface area contributed by atoms with Crippen molar-refractivity contribution >= 4 is 11.3 Å². The highest BCUT2D eigenvalue weighted by Gasteiger charge is 2.18. The summed E-state index contributed by atoms with van der Waals surface area (Å²) in [6.07, 6.45) is 2.58. The number of nitrogens with two attached hydrogens (primary N) is 1. The van der Waals surface area contributed by atoms with E-state index in [4.69, 9.17) is 20.1 Å². The van der Waals surface area contributed by atoms with Crippen molar-refractivity contribution in [3.05, 3.63) is 34.3 Å². The van der Waals surface area contributed by atoms with Crippen molar-refractivity contribution in [2.45, 2.75) is 12.5 Å². The summed E-state index contributed by atoms with van der Waals surface area (Å²) in [6, 6.07) is 3.72. The number of hydrazine groups is 1. The fourth-order valence-electron chi connectivity index (χ4n) is 2.12. The highest BCUT2D eigenvalue weighted by molar-refractivity contribution is 7.09. The minimum atomic E-state index is -0.0702. The van der Waals surface area contributed by atoms with Crippen LogP contribution in [0.2, 0.25) is 0 Å². The molecule has 6 nitrogen and oxygen atoms in total. The zero-order valence-electron chi connectivity index (χ0n) is 12.3. The van der Waals surface area contributed by atoms with Crippen molar-refractivity contribution in [3.8, 4) is 17.2 Å². The number of nitrogens with zero attached hydrogens (tertiary/aromatic N) is 1. The molecule has 7 heteroatoms. The third-order valence-electron chi connectivity index (χ3n) is 3.18. The Labute approximate surface area is 127 Å². The first-order chi connectivity index (χ1) is 10.2. The third-order valence-corrected chi connectivity index (χ3v) is 3.98. The molecule has 1 aromatic heterocycles. The Bertz CT molecular complexity index is 550. The molecular weight excluding hydrogens is 290 g/mol. The Hall–Kier alpha value is -1.83. The Balaban J connectivity index is 2.36. The van der Waals surface area contributed by atoms with Crippen molar-refractivity contribution < 1.29 is 14.2 Å². The van der Waals surface area contributed by atoms with Crippen LogP contribution in [0.4, 0.5) is 0 Å². The van der Waals surface area contributed by atoms with Gasteiger partial charge < -0.3 is 14.2 Å². The molecule has 0 amide bonds. The topological polar surface area (TPSA) is 78.6 Å². The molecule has 3 N–H and O–H groups in total. The van der Waals surface area contributed by atoms with Crippen LogP contribution >= 0.6 is 11.3 Å². The van der Waals surface area contributed by atoms with Gasteiger partial charge in [-0.1, -0.05) is 0 Å². The summed E-state index contributed by atoms with van der Waals surface area (Å²) in [5, 5.41) is 0. The summed E-state index contributed by atoms with van der Waals surface area (Å²) < 4.78 is 16.1. The van der Waals surface area contributed by atoms with E-state index in [0.29, 0.717) is 17.2 Å². The minimum absolute atomic E-state index is 0.0702. The number of aromatic nitrogens is 1. The van der Waals surface area contributed by atoms with E-state index < -0.39 is 0 Å². The Morgan fingerprint density at radius 3 is 2.29 bits per heavy atom. The van der Waals surface area contributed by atoms with Crippen LogP contribution in [0, 0.1) is 0 Å². The quantitative estimate of drug-likeness (QED) is 0.601. The second-order valence-electron chi connectivity index (χ2n) is 4.35. The molecule has 0 fully saturated rings. The van der Waals surface area contributed by atoms with Gasteiger partial charge in [-0.15, -0.1) is 11.3 Å². The molecule has 0 aliphatic heterocycles. The predicted molar refractivity (Wildman–Crippen MR) is 82.0 cm³/mol. The van der Waals surface area contributed by atoms with Crippen molar-refractivity contribution in [1.29, 1.82) is 0 Å². The largest absolute Gasteiger partial charge is 0.493 e. The fourth-order valence-corrected chi connectivity index (χ4v) is 2.76. The number of benzene rings is 1. The van der Waals surface area contributed by atoms with Gasteiger partial charge in [-0.25, -0.2) is 0 Å². The van der Waals surface area contributed by atoms with Crippen LogP contribution < -0.4 is 25.5 Å². The van der Waals surface area contributed by atoms with Crippen LogP contribution in [0.15, 0.2) is 23.8 Å². The van der Waals surface area contributed by atoms with E-state index >= 15 is 0 Å². The minimum Gasteiger partial charge on any atom is -0.493 e. The first-order valence-corrected chi connectivity index (χ1v) is 7.24. The highest BCUT2D eigenvalue weighted by Crippen LogP contribution is 2.40. The second-order valence-corrected chi connectivity index (χ2v) is 5.32. The van der Waals surface area contributed by atoms with Crippen LogP contribution in [-0.4, -0.2) is 26.3 Å². The van der Waals surface area contributed by atoms with Gasteiger partial charge in [0.2, 0.25) is 5.75 Å². The number of nitrogens with one attached hydrogen (secondary N) is 1. The fraction of sp³-hybridized carbons (Fsp3) is 0.357. The lowest BCUT2D eigenvalue weighted by atomic mass is 10.0. The summed E-state index contributed by atoms with van der Waals surface area (Å²) in [5.74, 6) is 7.48. The maximum atomic E-state index is 5.70. The summed E-state index contributed by atoms with van der Waals surface area (Å²) in [4.78, 5) is 5.22. The molecule has 0 saturated heterocycles. The molecule has 1 aromatic carbocycles. The van der Waals surface area contributed by atoms with E-state index in [1.807, 2.05) is 18.3 Å². The monoisotopic (exact) mass is 309 g/mol. The Morgan fingerprint density at radius 2 is 1.86 bits per heavy atom. The van der Waals surface area contributed by atoms with Gasteiger partial charge in [0.05, 0.1) is 32.9 Å². The Morgan fingerprint density at radius 1 is 1.19 bits per heavy atom. The molecule has 0 radical (unpaired) electrons. The summed E-state index contributed by atoms with van der Waals surface area (Å²) in [7, 11) is 4.76. The highest BCUT2D eigenvalue weighted by atomic mass is 32.1. The molecule has 1 heterocycles. The van der Waals surface area contributed by atoms with Gasteiger partial charge in [0.15, 0.2) is 11.5 Å². The number of ether oxygens (including phenoxy) is 3. The number of hydrogen-bond donors (Lipinski definition) is 2. The maximum absolute atomic E-state index is 5.70. The normalized spacial score (nSPS) is 12.0. The van der Waals surface area contributed by atoms with E-state index in [0.717, 1.165) is 16.9 Å². The van der Waals surface area contributed by atoms with E-state index in [-0.39, 0.29) is 6.04 Å². The van der Waals surface area contributed by atoms with Gasteiger partial charge in [0.1, 0.15) is 0 Å². The molecule has 0 aliphatic carbocycles. The SMILES string of the molecule is COc1cc(C(Cc2cncs2)NN)cc(OC)c1OC. The number of methoxy groups -OCH3 is 3. The average molecular weight is 309 g/mol. The molecule has 2 aromatic rings. The van der Waals surface area contributed by atoms with Crippen LogP contribution in [0.3, 0.4) is 0 Å². The molecule has 114 valence electrons. The zero-order chi connectivity index (χ0) is 15.2. The molecule has 0 aliphatic rings. The third kappa shape index (κ3) is 3.44. The molecular formula is C14H19N3O3S. The van der Waals surface area contributed by atoms with Crippen LogP contribution in [0.1, 0.15) is 16.5 Å². The zero-order valence-corrected chi connectivity index (χ0v) is 13.1. The van der Waals surface area contributed by atoms with E-state index in [1.54, 1.807) is 38.2 Å². The molecule has 1 unspecified atom stereocenters. The summed E-state index contributed by atoms with van der Waals surface area (Å²) in [6.45, 7) is 0. The number of rotatable bonds is 7. The summed E-state index contributed by atoms with van der Waals surface area (Å²) in [5.41, 5.74) is 5.59. The van der Waals surface area contributed by atoms with E-state index in [2.05, 4.69) is 10.4 Å². The average Bonchev–Trinajstić information content (AvgIpc) is 3.04. The number of thiazole rings is 1. The van der Waals surface area contributed by atoms with E-state index in [9.17, 15) is 0 Å². The van der Waals surface area contributed by atoms with Crippen molar-refractivity contribution in [1.82, 2.24) is 10.4 Å². The standard InChI is InChI=1S/C14H19N3O3S/c1-18-12-4-9(5-13(19-2)14(12)20-3)11(17-15)6-10-7-16-8-21-10/h4-5,7-8,11,17H,6,15H2,1-3H3. The van der Waals surface area contributed by atoms with Crippen molar-refractivity contribution in [2.75, 3.05) is 21.3 Å². The predicted octanol–water partition coefficient (Wildman–Crippen LogP) is 1.92. The van der Waals surface area contributed by atoms with Gasteiger partial charge >= 0.3 is 0 Å². The van der Waals surface area contributed by atoms with Gasteiger partial charge in [0, 0.05) is 17.5 Å². The molecule has 21 heavy (non-hydrogen) atoms. The molecule has 0 spiro atoms. The first-order valence-electron chi connectivity index (χ1n) is 6.36. The lowest BCUT2D eigenvalue weighted by Gasteiger charge is -2.19. The lowest BCUT2D eigenvalue weighted by Crippen LogP contribution is -2.29.